The minimum Gasteiger partial charge on any atom is -0.504 e. The number of phenolic OH excluding ortho intramolecular Hbond substituents is 2. The summed E-state index contributed by atoms with van der Waals surface area (Å²) in [7, 11) is 4.37. The summed E-state index contributed by atoms with van der Waals surface area (Å²) in [5.41, 5.74) is 0.847. The predicted octanol–water partition coefficient (Wildman–Crippen LogP) is 2.72. The summed E-state index contributed by atoms with van der Waals surface area (Å²) in [6.45, 7) is 0.228. The van der Waals surface area contributed by atoms with Gasteiger partial charge in [0.25, 0.3) is 5.56 Å². The number of hydrogen-bond acceptors (Lipinski definition) is 9. The van der Waals surface area contributed by atoms with Crippen LogP contribution >= 0.6 is 0 Å². The lowest BCUT2D eigenvalue weighted by atomic mass is 9.88. The molecule has 0 aliphatic carbocycles. The molecule has 0 aliphatic heterocycles. The fourth-order valence-corrected chi connectivity index (χ4v) is 4.41. The number of carbonyl (C=O) groups is 1. The number of fused-ring (bicyclic) bond motifs is 1. The topological polar surface area (TPSA) is 152 Å². The van der Waals surface area contributed by atoms with Crippen molar-refractivity contribution < 1.29 is 34.3 Å². The molecule has 0 bridgehead atoms. The van der Waals surface area contributed by atoms with E-state index in [4.69, 9.17) is 14.2 Å². The Morgan fingerprint density at radius 2 is 1.69 bits per heavy atom. The van der Waals surface area contributed by atoms with Crippen LogP contribution in [0, 0.1) is 0 Å². The first kappa shape index (κ1) is 27.1. The fourth-order valence-electron chi connectivity index (χ4n) is 4.41. The van der Waals surface area contributed by atoms with Crippen molar-refractivity contribution in [2.45, 2.75) is 18.8 Å². The lowest BCUT2D eigenvalue weighted by Crippen LogP contribution is -2.30. The van der Waals surface area contributed by atoms with Crippen molar-refractivity contribution in [2.75, 3.05) is 27.9 Å². The van der Waals surface area contributed by atoms with Crippen molar-refractivity contribution in [1.29, 1.82) is 0 Å². The number of pyridine rings is 1. The molecule has 0 aliphatic rings. The van der Waals surface area contributed by atoms with Crippen molar-refractivity contribution in [3.63, 3.8) is 0 Å². The molecule has 0 radical (unpaired) electrons. The minimum absolute atomic E-state index is 0.0634. The van der Waals surface area contributed by atoms with Crippen LogP contribution < -0.4 is 25.1 Å². The van der Waals surface area contributed by atoms with Gasteiger partial charge in [0, 0.05) is 25.1 Å². The van der Waals surface area contributed by atoms with Gasteiger partial charge in [-0.2, -0.15) is 4.98 Å². The van der Waals surface area contributed by atoms with E-state index in [1.807, 2.05) is 0 Å². The molecule has 2 aromatic carbocycles. The Morgan fingerprint density at radius 3 is 2.33 bits per heavy atom. The van der Waals surface area contributed by atoms with Gasteiger partial charge >= 0.3 is 0 Å². The fraction of sp³-hybridized carbons (Fsp3) is 0.250. The molecule has 11 nitrogen and oxygen atoms in total. The number of hydrogen-bond donors (Lipinski definition) is 4. The number of aromatic nitrogens is 2. The quantitative estimate of drug-likeness (QED) is 0.225. The number of nitrogens with zero attached hydrogens (tertiary/aromatic N) is 2. The van der Waals surface area contributed by atoms with E-state index in [2.05, 4.69) is 10.3 Å². The van der Waals surface area contributed by atoms with Crippen LogP contribution in [0.15, 0.2) is 59.5 Å². The molecule has 4 aromatic rings. The number of phenols is 2. The maximum atomic E-state index is 13.5. The molecule has 1 amide bonds. The van der Waals surface area contributed by atoms with Gasteiger partial charge in [0.2, 0.25) is 17.5 Å². The molecule has 1 atom stereocenters. The van der Waals surface area contributed by atoms with Crippen LogP contribution in [0.2, 0.25) is 0 Å². The number of benzene rings is 2. The maximum Gasteiger partial charge on any atom is 0.265 e. The first-order chi connectivity index (χ1) is 18.8. The van der Waals surface area contributed by atoms with Crippen molar-refractivity contribution in [3.05, 3.63) is 81.8 Å². The molecular weight excluding hydrogens is 506 g/mol. The number of nitrogens with one attached hydrogen (secondary N) is 1. The Kier molecular flexibility index (Phi) is 8.09. The number of ether oxygens (including phenoxy) is 3. The minimum atomic E-state index is -0.923. The van der Waals surface area contributed by atoms with Crippen LogP contribution in [-0.4, -0.2) is 58.5 Å². The smallest absolute Gasteiger partial charge is 0.265 e. The number of aromatic hydroxyl groups is 3. The highest BCUT2D eigenvalue weighted by Gasteiger charge is 2.29. The van der Waals surface area contributed by atoms with Gasteiger partial charge in [0.05, 0.1) is 26.9 Å². The van der Waals surface area contributed by atoms with Crippen LogP contribution in [-0.2, 0) is 11.2 Å². The summed E-state index contributed by atoms with van der Waals surface area (Å²) in [4.78, 5) is 30.8. The summed E-state index contributed by atoms with van der Waals surface area (Å²) in [5.74, 6) is -1.32. The largest absolute Gasteiger partial charge is 0.504 e. The first-order valence-corrected chi connectivity index (χ1v) is 12.0. The van der Waals surface area contributed by atoms with E-state index in [9.17, 15) is 24.9 Å². The van der Waals surface area contributed by atoms with Crippen molar-refractivity contribution in [3.8, 4) is 34.6 Å². The van der Waals surface area contributed by atoms with Gasteiger partial charge in [0.1, 0.15) is 5.65 Å². The number of carbonyl (C=O) groups excluding carboxylic acids is 1. The van der Waals surface area contributed by atoms with E-state index < -0.39 is 23.3 Å². The second-order valence-electron chi connectivity index (χ2n) is 8.72. The molecule has 0 fully saturated rings. The van der Waals surface area contributed by atoms with Gasteiger partial charge in [-0.1, -0.05) is 12.1 Å². The summed E-state index contributed by atoms with van der Waals surface area (Å²) >= 11 is 0. The van der Waals surface area contributed by atoms with Gasteiger partial charge < -0.3 is 34.8 Å². The Morgan fingerprint density at radius 1 is 0.974 bits per heavy atom. The van der Waals surface area contributed by atoms with Crippen LogP contribution in [0.4, 0.5) is 0 Å². The molecule has 0 saturated carbocycles. The number of amides is 1. The molecule has 2 heterocycles. The predicted molar refractivity (Wildman–Crippen MR) is 142 cm³/mol. The summed E-state index contributed by atoms with van der Waals surface area (Å²) in [6.07, 6.45) is 1.72. The Balaban J connectivity index is 1.71. The third-order valence-electron chi connectivity index (χ3n) is 6.35. The summed E-state index contributed by atoms with van der Waals surface area (Å²) < 4.78 is 17.6. The zero-order chi connectivity index (χ0) is 28.1. The summed E-state index contributed by atoms with van der Waals surface area (Å²) in [6, 6.07) is 12.6. The number of rotatable bonds is 10. The maximum absolute atomic E-state index is 13.5. The highest BCUT2D eigenvalue weighted by molar-refractivity contribution is 5.78. The van der Waals surface area contributed by atoms with E-state index in [0.29, 0.717) is 34.8 Å². The highest BCUT2D eigenvalue weighted by Crippen LogP contribution is 2.42. The van der Waals surface area contributed by atoms with Crippen molar-refractivity contribution in [1.82, 2.24) is 14.7 Å². The second-order valence-corrected chi connectivity index (χ2v) is 8.72. The van der Waals surface area contributed by atoms with Gasteiger partial charge in [-0.05, 0) is 53.9 Å². The highest BCUT2D eigenvalue weighted by atomic mass is 16.5. The average Bonchev–Trinajstić information content (AvgIpc) is 2.93. The van der Waals surface area contributed by atoms with E-state index in [1.165, 1.54) is 44.1 Å². The third-order valence-corrected chi connectivity index (χ3v) is 6.35. The molecule has 39 heavy (non-hydrogen) atoms. The molecule has 0 saturated heterocycles. The third kappa shape index (κ3) is 5.66. The molecule has 2 aromatic heterocycles. The lowest BCUT2D eigenvalue weighted by molar-refractivity contribution is -0.121. The van der Waals surface area contributed by atoms with Crippen LogP contribution in [0.3, 0.4) is 0 Å². The SMILES string of the molecule is COc1cc([C@H](CC(=O)NCCc2ccc(O)c(O)c2)c2c(O)nc3ccccn3c2=O)cc(OC)c1OC. The average molecular weight is 536 g/mol. The standard InChI is InChI=1S/C28H29N3O8/c1-37-21-13-17(14-22(38-2)26(21)39-3)18(25-27(35)30-23-6-4-5-11-31(23)28(25)36)15-24(34)29-10-9-16-7-8-19(32)20(33)12-16/h4-8,11-14,18,32-33,35H,9-10,15H2,1-3H3,(H,29,34)/t18-/m0/s1. The molecule has 4 N–H and O–H groups in total. The lowest BCUT2D eigenvalue weighted by Gasteiger charge is -2.21. The molecular formula is C28H29N3O8. The van der Waals surface area contributed by atoms with Crippen molar-refractivity contribution >= 4 is 11.6 Å². The van der Waals surface area contributed by atoms with E-state index >= 15 is 0 Å². The van der Waals surface area contributed by atoms with Gasteiger partial charge in [-0.25, -0.2) is 0 Å². The normalized spacial score (nSPS) is 11.7. The number of methoxy groups -OCH3 is 3. The molecule has 4 rings (SSSR count). The van der Waals surface area contributed by atoms with E-state index in [1.54, 1.807) is 36.4 Å². The zero-order valence-electron chi connectivity index (χ0n) is 21.7. The molecule has 0 spiro atoms. The van der Waals surface area contributed by atoms with Crippen LogP contribution in [0.5, 0.6) is 34.6 Å². The Bertz CT molecular complexity index is 1540. The van der Waals surface area contributed by atoms with Crippen LogP contribution in [0.1, 0.15) is 29.0 Å². The molecule has 0 unspecified atom stereocenters. The van der Waals surface area contributed by atoms with Crippen LogP contribution in [0.25, 0.3) is 5.65 Å². The zero-order valence-corrected chi connectivity index (χ0v) is 21.7. The molecule has 11 heteroatoms. The van der Waals surface area contributed by atoms with Gasteiger partial charge in [-0.3, -0.25) is 14.0 Å². The van der Waals surface area contributed by atoms with E-state index in [0.717, 1.165) is 0 Å². The van der Waals surface area contributed by atoms with Crippen molar-refractivity contribution in [2.24, 2.45) is 0 Å². The first-order valence-electron chi connectivity index (χ1n) is 12.0. The second kappa shape index (κ2) is 11.6. The van der Waals surface area contributed by atoms with Gasteiger partial charge in [0.15, 0.2) is 23.0 Å². The Hall–Kier alpha value is -4.93. The molecule has 204 valence electrons. The Labute approximate surface area is 223 Å². The van der Waals surface area contributed by atoms with Gasteiger partial charge in [-0.15, -0.1) is 0 Å². The monoisotopic (exact) mass is 535 g/mol. The summed E-state index contributed by atoms with van der Waals surface area (Å²) in [5, 5.41) is 32.9. The van der Waals surface area contributed by atoms with E-state index in [-0.39, 0.29) is 35.7 Å².